The largest absolute Gasteiger partial charge is 0.460 e. The van der Waals surface area contributed by atoms with Crippen LogP contribution in [0.25, 0.3) is 10.9 Å². The van der Waals surface area contributed by atoms with Crippen LogP contribution in [0.15, 0.2) is 28.0 Å². The van der Waals surface area contributed by atoms with Gasteiger partial charge in [0.05, 0.1) is 12.1 Å². The SMILES string of the molecule is CCSc1cc2c(cc1F)c(=O)c(C(=O)OCCO)cn2C1CC1. The van der Waals surface area contributed by atoms with Crippen LogP contribution in [-0.2, 0) is 4.74 Å². The zero-order chi connectivity index (χ0) is 17.3. The number of hydrogen-bond acceptors (Lipinski definition) is 5. The average Bonchev–Trinajstić information content (AvgIpc) is 3.39. The number of aliphatic hydroxyl groups excluding tert-OH is 1. The van der Waals surface area contributed by atoms with Gasteiger partial charge in [-0.3, -0.25) is 4.79 Å². The third kappa shape index (κ3) is 3.18. The number of nitrogens with zero attached hydrogens (tertiary/aromatic N) is 1. The number of ether oxygens (including phenoxy) is 1. The number of carbonyl (C=O) groups is 1. The number of hydrogen-bond donors (Lipinski definition) is 1. The molecule has 1 fully saturated rings. The quantitative estimate of drug-likeness (QED) is 0.640. The summed E-state index contributed by atoms with van der Waals surface area (Å²) < 4.78 is 21.0. The molecule has 0 spiro atoms. The molecule has 3 rings (SSSR count). The van der Waals surface area contributed by atoms with E-state index in [0.29, 0.717) is 10.4 Å². The van der Waals surface area contributed by atoms with Crippen LogP contribution >= 0.6 is 11.8 Å². The number of aromatic nitrogens is 1. The van der Waals surface area contributed by atoms with E-state index in [0.717, 1.165) is 18.6 Å². The van der Waals surface area contributed by atoms with E-state index in [-0.39, 0.29) is 30.2 Å². The number of carbonyl (C=O) groups excluding carboxylic acids is 1. The van der Waals surface area contributed by atoms with Gasteiger partial charge in [0.15, 0.2) is 0 Å². The fourth-order valence-corrected chi connectivity index (χ4v) is 3.34. The smallest absolute Gasteiger partial charge is 0.343 e. The number of fused-ring (bicyclic) bond motifs is 1. The third-order valence-electron chi connectivity index (χ3n) is 3.87. The van der Waals surface area contributed by atoms with Crippen molar-refractivity contribution in [3.8, 4) is 0 Å². The van der Waals surface area contributed by atoms with E-state index >= 15 is 0 Å². The maximum atomic E-state index is 14.3. The van der Waals surface area contributed by atoms with Gasteiger partial charge in [0.2, 0.25) is 5.43 Å². The highest BCUT2D eigenvalue weighted by Crippen LogP contribution is 2.38. The maximum absolute atomic E-state index is 14.3. The van der Waals surface area contributed by atoms with Crippen molar-refractivity contribution >= 4 is 28.6 Å². The molecule has 2 aromatic rings. The lowest BCUT2D eigenvalue weighted by molar-refractivity contribution is 0.0431. The van der Waals surface area contributed by atoms with Gasteiger partial charge in [-0.15, -0.1) is 11.8 Å². The summed E-state index contributed by atoms with van der Waals surface area (Å²) in [5.41, 5.74) is -0.0338. The lowest BCUT2D eigenvalue weighted by Gasteiger charge is -2.14. The second-order valence-electron chi connectivity index (χ2n) is 5.60. The van der Waals surface area contributed by atoms with Crippen molar-refractivity contribution < 1.29 is 19.0 Å². The first kappa shape index (κ1) is 17.0. The first-order valence-corrected chi connectivity index (χ1v) is 8.84. The number of benzene rings is 1. The van der Waals surface area contributed by atoms with Gasteiger partial charge in [0.1, 0.15) is 18.0 Å². The molecule has 0 bridgehead atoms. The van der Waals surface area contributed by atoms with E-state index in [1.807, 2.05) is 11.5 Å². The number of pyridine rings is 1. The molecule has 0 unspecified atom stereocenters. The molecule has 1 aromatic carbocycles. The minimum atomic E-state index is -0.794. The summed E-state index contributed by atoms with van der Waals surface area (Å²) in [7, 11) is 0. The monoisotopic (exact) mass is 351 g/mol. The molecule has 1 aliphatic carbocycles. The van der Waals surface area contributed by atoms with Crippen LogP contribution in [0.4, 0.5) is 4.39 Å². The summed E-state index contributed by atoms with van der Waals surface area (Å²) >= 11 is 1.38. The number of halogens is 1. The van der Waals surface area contributed by atoms with Crippen LogP contribution in [-0.4, -0.2) is 34.6 Å². The summed E-state index contributed by atoms with van der Waals surface area (Å²) in [5, 5.41) is 8.94. The van der Waals surface area contributed by atoms with Gasteiger partial charge in [0.25, 0.3) is 0 Å². The second kappa shape index (κ2) is 6.94. The molecule has 24 heavy (non-hydrogen) atoms. The van der Waals surface area contributed by atoms with Crippen LogP contribution < -0.4 is 5.43 Å². The first-order chi connectivity index (χ1) is 11.6. The van der Waals surface area contributed by atoms with Gasteiger partial charge in [-0.25, -0.2) is 9.18 Å². The Bertz CT molecular complexity index is 845. The highest BCUT2D eigenvalue weighted by molar-refractivity contribution is 7.99. The predicted molar refractivity (Wildman–Crippen MR) is 90.2 cm³/mol. The van der Waals surface area contributed by atoms with Crippen molar-refractivity contribution in [2.24, 2.45) is 0 Å². The lowest BCUT2D eigenvalue weighted by Crippen LogP contribution is -2.22. The molecule has 0 radical (unpaired) electrons. The molecule has 1 saturated carbocycles. The molecule has 1 heterocycles. The molecular formula is C17H18FNO4S. The van der Waals surface area contributed by atoms with Crippen molar-refractivity contribution in [3.05, 3.63) is 39.9 Å². The normalized spacial score (nSPS) is 14.1. The zero-order valence-electron chi connectivity index (χ0n) is 13.3. The van der Waals surface area contributed by atoms with E-state index in [1.165, 1.54) is 24.0 Å². The van der Waals surface area contributed by atoms with Crippen LogP contribution in [0.2, 0.25) is 0 Å². The molecule has 0 saturated heterocycles. The minimum absolute atomic E-state index is 0.127. The average molecular weight is 351 g/mol. The van der Waals surface area contributed by atoms with Gasteiger partial charge in [-0.1, -0.05) is 6.92 Å². The molecule has 1 aromatic heterocycles. The molecule has 0 atom stereocenters. The maximum Gasteiger partial charge on any atom is 0.343 e. The minimum Gasteiger partial charge on any atom is -0.460 e. The molecule has 128 valence electrons. The highest BCUT2D eigenvalue weighted by atomic mass is 32.2. The van der Waals surface area contributed by atoms with E-state index in [1.54, 1.807) is 6.07 Å². The van der Waals surface area contributed by atoms with Crippen LogP contribution in [0.3, 0.4) is 0 Å². The molecule has 1 N–H and O–H groups in total. The number of esters is 1. The fraction of sp³-hybridized carbons (Fsp3) is 0.412. The summed E-state index contributed by atoms with van der Waals surface area (Å²) in [6.07, 6.45) is 3.41. The topological polar surface area (TPSA) is 68.5 Å². The summed E-state index contributed by atoms with van der Waals surface area (Å²) in [4.78, 5) is 25.2. The van der Waals surface area contributed by atoms with Crippen molar-refractivity contribution in [3.63, 3.8) is 0 Å². The Hall–Kier alpha value is -1.86. The first-order valence-electron chi connectivity index (χ1n) is 7.86. The Morgan fingerprint density at radius 2 is 2.21 bits per heavy atom. The van der Waals surface area contributed by atoms with Crippen LogP contribution in [0.1, 0.15) is 36.2 Å². The fourth-order valence-electron chi connectivity index (χ4n) is 2.63. The summed E-state index contributed by atoms with van der Waals surface area (Å²) in [6.45, 7) is 1.44. The van der Waals surface area contributed by atoms with Crippen LogP contribution in [0, 0.1) is 5.82 Å². The molecular weight excluding hydrogens is 333 g/mol. The van der Waals surface area contributed by atoms with Crippen molar-refractivity contribution in [2.75, 3.05) is 19.0 Å². The molecule has 0 amide bonds. The van der Waals surface area contributed by atoms with E-state index in [9.17, 15) is 14.0 Å². The lowest BCUT2D eigenvalue weighted by atomic mass is 10.1. The van der Waals surface area contributed by atoms with Gasteiger partial charge >= 0.3 is 5.97 Å². The van der Waals surface area contributed by atoms with Crippen molar-refractivity contribution in [2.45, 2.75) is 30.7 Å². The third-order valence-corrected chi connectivity index (χ3v) is 4.78. The Labute approximate surface area is 142 Å². The summed E-state index contributed by atoms with van der Waals surface area (Å²) in [6, 6.07) is 3.10. The predicted octanol–water partition coefficient (Wildman–Crippen LogP) is 2.74. The van der Waals surface area contributed by atoms with Gasteiger partial charge < -0.3 is 14.4 Å². The summed E-state index contributed by atoms with van der Waals surface area (Å²) in [5.74, 6) is -0.533. The van der Waals surface area contributed by atoms with Gasteiger partial charge in [-0.2, -0.15) is 0 Å². The standard InChI is InChI=1S/C17H18FNO4S/c1-2-24-15-8-14-11(7-13(15)18)16(21)12(17(22)23-6-5-20)9-19(14)10-3-4-10/h7-10,20H,2-6H2,1H3. The Kier molecular flexibility index (Phi) is 4.91. The number of rotatable bonds is 6. The molecule has 1 aliphatic rings. The van der Waals surface area contributed by atoms with E-state index in [4.69, 9.17) is 9.84 Å². The van der Waals surface area contributed by atoms with Crippen molar-refractivity contribution in [1.29, 1.82) is 0 Å². The van der Waals surface area contributed by atoms with Crippen LogP contribution in [0.5, 0.6) is 0 Å². The van der Waals surface area contributed by atoms with Gasteiger partial charge in [0, 0.05) is 22.5 Å². The van der Waals surface area contributed by atoms with Crippen molar-refractivity contribution in [1.82, 2.24) is 4.57 Å². The molecule has 0 aliphatic heterocycles. The highest BCUT2D eigenvalue weighted by Gasteiger charge is 2.27. The van der Waals surface area contributed by atoms with Gasteiger partial charge in [-0.05, 0) is 30.7 Å². The Morgan fingerprint density at radius 3 is 2.83 bits per heavy atom. The Balaban J connectivity index is 2.19. The molecule has 7 heteroatoms. The number of thioether (sulfide) groups is 1. The Morgan fingerprint density at radius 1 is 1.46 bits per heavy atom. The second-order valence-corrected chi connectivity index (χ2v) is 6.91. The van der Waals surface area contributed by atoms with E-state index in [2.05, 4.69) is 0 Å². The molecule has 5 nitrogen and oxygen atoms in total. The number of aliphatic hydroxyl groups is 1. The van der Waals surface area contributed by atoms with E-state index < -0.39 is 17.2 Å². The zero-order valence-corrected chi connectivity index (χ0v) is 14.1.